The van der Waals surface area contributed by atoms with E-state index in [0.29, 0.717) is 0 Å². The number of thioether (sulfide) groups is 5. The van der Waals surface area contributed by atoms with E-state index in [1.807, 2.05) is 58.8 Å². The van der Waals surface area contributed by atoms with Gasteiger partial charge in [0.1, 0.15) is 0 Å². The molecule has 0 aliphatic heterocycles. The van der Waals surface area contributed by atoms with E-state index in [1.165, 1.54) is 62.4 Å². The van der Waals surface area contributed by atoms with E-state index in [-0.39, 0.29) is 13.5 Å². The topological polar surface area (TPSA) is 0 Å². The molecular weight excluding hydrogens is 517 g/mol. The summed E-state index contributed by atoms with van der Waals surface area (Å²) in [7, 11) is 0. The molecule has 0 bridgehead atoms. The molecule has 0 unspecified atom stereocenters. The first kappa shape index (κ1) is 27.3. The van der Waals surface area contributed by atoms with Gasteiger partial charge in [-0.2, -0.15) is 13.5 Å². The molecule has 0 fully saturated rings. The summed E-state index contributed by atoms with van der Waals surface area (Å²) in [6, 6.07) is 14.7. The predicted octanol–water partition coefficient (Wildman–Crippen LogP) is 10.2. The van der Waals surface area contributed by atoms with E-state index < -0.39 is 0 Å². The fraction of sp³-hybridized carbons (Fsp3) is 0.333. The molecule has 0 spiro atoms. The van der Waals surface area contributed by atoms with Gasteiger partial charge in [0.2, 0.25) is 0 Å². The minimum atomic E-state index is 0. The molecule has 0 aromatic heterocycles. The Balaban J connectivity index is 0.00000306. The van der Waals surface area contributed by atoms with Crippen molar-refractivity contribution in [2.75, 3.05) is 30.3 Å². The molecule has 33 heavy (non-hydrogen) atoms. The summed E-state index contributed by atoms with van der Waals surface area (Å²) in [4.78, 5) is 6.99. The molecule has 0 atom stereocenters. The van der Waals surface area contributed by atoms with Gasteiger partial charge in [0.25, 0.3) is 0 Å². The molecule has 0 amide bonds. The average molecular weight is 549 g/mol. The molecule has 4 aromatic carbocycles. The summed E-state index contributed by atoms with van der Waals surface area (Å²) < 4.78 is 0. The maximum Gasteiger partial charge on any atom is 0.0214 e. The maximum absolute atomic E-state index is 2.47. The Bertz CT molecular complexity index is 1250. The van der Waals surface area contributed by atoms with E-state index in [4.69, 9.17) is 0 Å². The third-order valence-electron chi connectivity index (χ3n) is 5.88. The van der Waals surface area contributed by atoms with Gasteiger partial charge in [0.15, 0.2) is 0 Å². The largest absolute Gasteiger partial charge is 0.197 e. The van der Waals surface area contributed by atoms with Crippen molar-refractivity contribution in [3.8, 4) is 0 Å². The lowest BCUT2D eigenvalue weighted by Gasteiger charge is -2.18. The quantitative estimate of drug-likeness (QED) is 0.158. The first-order valence-corrected chi connectivity index (χ1v) is 16.7. The van der Waals surface area contributed by atoms with Crippen molar-refractivity contribution in [1.29, 1.82) is 0 Å². The highest BCUT2D eigenvalue weighted by Gasteiger charge is 2.16. The van der Waals surface area contributed by atoms with Gasteiger partial charge in [-0.05, 0) is 111 Å². The molecule has 176 valence electrons. The first-order valence-electron chi connectivity index (χ1n) is 11.0. The van der Waals surface area contributed by atoms with Gasteiger partial charge in [-0.1, -0.05) is 20.8 Å². The first-order chi connectivity index (χ1) is 15.6. The standard InChI is InChI=1S/C27H30S5.H2S/c1-7-16-10-17-18(11-23(16)28-4)21-14-26(31-8-2)25(30-6)13-20(21)22-15-27(32-9-3)24(29-5)12-19(17)22;/h10-15H,7-9H2,1-6H3;1H2. The lowest BCUT2D eigenvalue weighted by molar-refractivity contribution is 1.09. The van der Waals surface area contributed by atoms with Crippen LogP contribution in [-0.2, 0) is 6.42 Å². The summed E-state index contributed by atoms with van der Waals surface area (Å²) in [5.74, 6) is 2.18. The fourth-order valence-electron chi connectivity index (χ4n) is 4.40. The van der Waals surface area contributed by atoms with Crippen LogP contribution in [0.1, 0.15) is 26.3 Å². The summed E-state index contributed by atoms with van der Waals surface area (Å²) in [6.07, 6.45) is 7.67. The Morgan fingerprint density at radius 3 is 1.15 bits per heavy atom. The normalized spacial score (nSPS) is 11.5. The van der Waals surface area contributed by atoms with Gasteiger partial charge in [-0.25, -0.2) is 0 Å². The van der Waals surface area contributed by atoms with Crippen molar-refractivity contribution in [1.82, 2.24) is 0 Å². The van der Waals surface area contributed by atoms with Crippen LogP contribution in [0.4, 0.5) is 0 Å². The smallest absolute Gasteiger partial charge is 0.0214 e. The van der Waals surface area contributed by atoms with Gasteiger partial charge >= 0.3 is 0 Å². The van der Waals surface area contributed by atoms with Gasteiger partial charge in [-0.15, -0.1) is 58.8 Å². The second-order valence-electron chi connectivity index (χ2n) is 7.53. The molecule has 6 heteroatoms. The molecule has 0 aliphatic carbocycles. The van der Waals surface area contributed by atoms with E-state index in [0.717, 1.165) is 17.9 Å². The fourth-order valence-corrected chi connectivity index (χ4v) is 8.38. The number of benzene rings is 4. The van der Waals surface area contributed by atoms with Crippen molar-refractivity contribution in [3.05, 3.63) is 42.0 Å². The van der Waals surface area contributed by atoms with E-state index in [1.54, 1.807) is 0 Å². The van der Waals surface area contributed by atoms with Crippen LogP contribution in [0, 0.1) is 0 Å². The van der Waals surface area contributed by atoms with Crippen molar-refractivity contribution >= 4 is 105 Å². The number of fused-ring (bicyclic) bond motifs is 6. The Labute approximate surface area is 227 Å². The molecular formula is C27H32S6. The highest BCUT2D eigenvalue weighted by molar-refractivity contribution is 8.02. The van der Waals surface area contributed by atoms with Crippen LogP contribution in [0.2, 0.25) is 0 Å². The Morgan fingerprint density at radius 1 is 0.485 bits per heavy atom. The molecule has 0 N–H and O–H groups in total. The molecule has 0 saturated carbocycles. The van der Waals surface area contributed by atoms with Crippen LogP contribution in [-0.4, -0.2) is 30.3 Å². The summed E-state index contributed by atoms with van der Waals surface area (Å²) in [5, 5.41) is 8.35. The Hall–Kier alpha value is -0.240. The molecule has 4 rings (SSSR count). The van der Waals surface area contributed by atoms with Crippen LogP contribution >= 0.6 is 72.3 Å². The monoisotopic (exact) mass is 548 g/mol. The Kier molecular flexibility index (Phi) is 10.1. The van der Waals surface area contributed by atoms with Gasteiger partial charge in [-0.3, -0.25) is 0 Å². The minimum Gasteiger partial charge on any atom is -0.197 e. The lowest BCUT2D eigenvalue weighted by Crippen LogP contribution is -1.92. The average Bonchev–Trinajstić information content (AvgIpc) is 2.83. The van der Waals surface area contributed by atoms with E-state index in [2.05, 4.69) is 75.9 Å². The third kappa shape index (κ3) is 5.17. The van der Waals surface area contributed by atoms with Crippen molar-refractivity contribution in [2.24, 2.45) is 0 Å². The van der Waals surface area contributed by atoms with Crippen LogP contribution in [0.15, 0.2) is 60.9 Å². The van der Waals surface area contributed by atoms with Crippen molar-refractivity contribution in [3.63, 3.8) is 0 Å². The zero-order valence-electron chi connectivity index (χ0n) is 20.1. The molecule has 4 aromatic rings. The SMILES string of the molecule is CCSc1cc2c3cc(SC)c(CC)cc3c3cc(SC)c(SCC)cc3c2cc1SC.S. The third-order valence-corrected chi connectivity index (χ3v) is 10.4. The zero-order chi connectivity index (χ0) is 22.8. The minimum absolute atomic E-state index is 0. The van der Waals surface area contributed by atoms with Crippen LogP contribution < -0.4 is 0 Å². The van der Waals surface area contributed by atoms with Crippen molar-refractivity contribution < 1.29 is 0 Å². The van der Waals surface area contributed by atoms with Crippen molar-refractivity contribution in [2.45, 2.75) is 51.7 Å². The van der Waals surface area contributed by atoms with Gasteiger partial charge < -0.3 is 0 Å². The van der Waals surface area contributed by atoms with Crippen LogP contribution in [0.3, 0.4) is 0 Å². The zero-order valence-corrected chi connectivity index (χ0v) is 25.2. The highest BCUT2D eigenvalue weighted by Crippen LogP contribution is 2.45. The molecule has 0 heterocycles. The predicted molar refractivity (Wildman–Crippen MR) is 167 cm³/mol. The highest BCUT2D eigenvalue weighted by atomic mass is 32.2. The van der Waals surface area contributed by atoms with E-state index in [9.17, 15) is 0 Å². The van der Waals surface area contributed by atoms with Gasteiger partial charge in [0, 0.05) is 24.5 Å². The van der Waals surface area contributed by atoms with Gasteiger partial charge in [0.05, 0.1) is 0 Å². The molecule has 0 saturated heterocycles. The summed E-state index contributed by atoms with van der Waals surface area (Å²) >= 11 is 9.52. The number of aryl methyl sites for hydroxylation is 1. The lowest BCUT2D eigenvalue weighted by atomic mass is 9.93. The summed E-state index contributed by atoms with van der Waals surface area (Å²) in [6.45, 7) is 6.76. The summed E-state index contributed by atoms with van der Waals surface area (Å²) in [5.41, 5.74) is 1.45. The number of hydrogen-bond acceptors (Lipinski definition) is 5. The molecule has 0 radical (unpaired) electrons. The Morgan fingerprint density at radius 2 is 0.818 bits per heavy atom. The van der Waals surface area contributed by atoms with E-state index >= 15 is 0 Å². The van der Waals surface area contributed by atoms with Crippen LogP contribution in [0.5, 0.6) is 0 Å². The second-order valence-corrected chi connectivity index (χ2v) is 12.7. The molecule has 0 aliphatic rings. The number of hydrogen-bond donors (Lipinski definition) is 0. The maximum atomic E-state index is 2.47. The van der Waals surface area contributed by atoms with Crippen LogP contribution in [0.25, 0.3) is 32.3 Å². The second kappa shape index (κ2) is 12.1. The molecule has 0 nitrogen and oxygen atoms in total. The number of rotatable bonds is 8.